The second-order valence-electron chi connectivity index (χ2n) is 7.68. The van der Waals surface area contributed by atoms with Gasteiger partial charge in [-0.05, 0) is 32.1 Å². The first kappa shape index (κ1) is 24.6. The van der Waals surface area contributed by atoms with Gasteiger partial charge in [-0.25, -0.2) is 0 Å². The van der Waals surface area contributed by atoms with E-state index in [1.165, 1.54) is 64.2 Å². The summed E-state index contributed by atoms with van der Waals surface area (Å²) in [5.74, 6) is 0. The predicted molar refractivity (Wildman–Crippen MR) is 109 cm³/mol. The lowest BCUT2D eigenvalue weighted by Gasteiger charge is -2.37. The van der Waals surface area contributed by atoms with Crippen LogP contribution in [0.4, 0.5) is 0 Å². The highest BCUT2D eigenvalue weighted by molar-refractivity contribution is 4.87. The molecule has 160 valence electrons. The molecule has 1 fully saturated rings. The fraction of sp³-hybridized carbons (Fsp3) is 0.909. The van der Waals surface area contributed by atoms with Crippen LogP contribution in [0.1, 0.15) is 84.0 Å². The SMILES string of the molecule is CCCCCC/C=C/CCCCCCCCO[C@H]1[C@H](O)[C@@H](O)CO[C@@H]1CO. The molecular formula is C22H42O5. The molecule has 4 atom stereocenters. The van der Waals surface area contributed by atoms with Gasteiger partial charge in [-0.1, -0.05) is 64.0 Å². The van der Waals surface area contributed by atoms with E-state index in [1.807, 2.05) is 0 Å². The molecule has 0 aliphatic carbocycles. The van der Waals surface area contributed by atoms with E-state index in [9.17, 15) is 15.3 Å². The van der Waals surface area contributed by atoms with Crippen molar-refractivity contribution in [2.24, 2.45) is 0 Å². The number of unbranched alkanes of at least 4 members (excludes halogenated alkanes) is 10. The molecule has 1 aliphatic heterocycles. The van der Waals surface area contributed by atoms with Gasteiger partial charge in [0.25, 0.3) is 0 Å². The minimum atomic E-state index is -0.990. The van der Waals surface area contributed by atoms with E-state index in [1.54, 1.807) is 0 Å². The van der Waals surface area contributed by atoms with E-state index >= 15 is 0 Å². The molecule has 27 heavy (non-hydrogen) atoms. The standard InChI is InChI=1S/C22H42O5/c1-2-3-4-5-6-7-8-9-10-11-12-13-14-15-16-26-22-20(17-23)27-18-19(24)21(22)25/h7-8,19-25H,2-6,9-18H2,1H3/b8-7+/t19-,20+,21+,22+/m0/s1. The molecule has 1 heterocycles. The molecule has 5 heteroatoms. The summed E-state index contributed by atoms with van der Waals surface area (Å²) in [5.41, 5.74) is 0. The summed E-state index contributed by atoms with van der Waals surface area (Å²) in [6.45, 7) is 2.61. The van der Waals surface area contributed by atoms with Gasteiger partial charge >= 0.3 is 0 Å². The number of rotatable bonds is 16. The molecule has 5 nitrogen and oxygen atoms in total. The maximum Gasteiger partial charge on any atom is 0.114 e. The van der Waals surface area contributed by atoms with Crippen LogP contribution in [0.15, 0.2) is 12.2 Å². The van der Waals surface area contributed by atoms with Crippen molar-refractivity contribution in [3.05, 3.63) is 12.2 Å². The number of aliphatic hydroxyl groups excluding tert-OH is 3. The van der Waals surface area contributed by atoms with Crippen molar-refractivity contribution in [1.82, 2.24) is 0 Å². The van der Waals surface area contributed by atoms with Gasteiger partial charge in [-0.15, -0.1) is 0 Å². The van der Waals surface area contributed by atoms with Gasteiger partial charge < -0.3 is 24.8 Å². The number of hydrogen-bond donors (Lipinski definition) is 3. The summed E-state index contributed by atoms with van der Waals surface area (Å²) < 4.78 is 11.0. The highest BCUT2D eigenvalue weighted by atomic mass is 16.6. The molecule has 0 bridgehead atoms. The van der Waals surface area contributed by atoms with Gasteiger partial charge in [0.15, 0.2) is 0 Å². The molecule has 1 saturated heterocycles. The number of allylic oxidation sites excluding steroid dienone is 2. The zero-order chi connectivity index (χ0) is 19.7. The fourth-order valence-electron chi connectivity index (χ4n) is 3.43. The number of hydrogen-bond acceptors (Lipinski definition) is 5. The van der Waals surface area contributed by atoms with Gasteiger partial charge in [0, 0.05) is 6.61 Å². The maximum absolute atomic E-state index is 9.98. The maximum atomic E-state index is 9.98. The number of ether oxygens (including phenoxy) is 2. The molecular weight excluding hydrogens is 344 g/mol. The largest absolute Gasteiger partial charge is 0.394 e. The third kappa shape index (κ3) is 11.2. The van der Waals surface area contributed by atoms with E-state index < -0.39 is 24.4 Å². The smallest absolute Gasteiger partial charge is 0.114 e. The van der Waals surface area contributed by atoms with Crippen molar-refractivity contribution >= 4 is 0 Å². The van der Waals surface area contributed by atoms with E-state index in [0.29, 0.717) is 6.61 Å². The topological polar surface area (TPSA) is 79.2 Å². The van der Waals surface area contributed by atoms with Crippen molar-refractivity contribution < 1.29 is 24.8 Å². The highest BCUT2D eigenvalue weighted by Crippen LogP contribution is 2.19. The molecule has 0 saturated carbocycles. The molecule has 0 spiro atoms. The summed E-state index contributed by atoms with van der Waals surface area (Å²) in [6, 6.07) is 0. The van der Waals surface area contributed by atoms with E-state index in [0.717, 1.165) is 12.8 Å². The summed E-state index contributed by atoms with van der Waals surface area (Å²) in [6.07, 6.45) is 16.3. The highest BCUT2D eigenvalue weighted by Gasteiger charge is 2.39. The Morgan fingerprint density at radius 2 is 1.48 bits per heavy atom. The van der Waals surface area contributed by atoms with Crippen molar-refractivity contribution in [3.8, 4) is 0 Å². The Labute approximate surface area is 165 Å². The second kappa shape index (κ2) is 16.5. The third-order valence-electron chi connectivity index (χ3n) is 5.22. The minimum Gasteiger partial charge on any atom is -0.394 e. The molecule has 1 aliphatic rings. The predicted octanol–water partition coefficient (Wildman–Crippen LogP) is 3.74. The average molecular weight is 387 g/mol. The van der Waals surface area contributed by atoms with Gasteiger partial charge in [0.2, 0.25) is 0 Å². The zero-order valence-corrected chi connectivity index (χ0v) is 17.2. The Bertz CT molecular complexity index is 359. The van der Waals surface area contributed by atoms with Crippen LogP contribution in [0.3, 0.4) is 0 Å². The van der Waals surface area contributed by atoms with Crippen LogP contribution in [0.2, 0.25) is 0 Å². The molecule has 0 amide bonds. The van der Waals surface area contributed by atoms with Crippen molar-refractivity contribution in [1.29, 1.82) is 0 Å². The summed E-state index contributed by atoms with van der Waals surface area (Å²) in [4.78, 5) is 0. The van der Waals surface area contributed by atoms with Crippen LogP contribution in [-0.4, -0.2) is 59.6 Å². The lowest BCUT2D eigenvalue weighted by molar-refractivity contribution is -0.211. The molecule has 0 aromatic heterocycles. The first-order valence-electron chi connectivity index (χ1n) is 11.1. The Morgan fingerprint density at radius 1 is 0.889 bits per heavy atom. The molecule has 3 N–H and O–H groups in total. The Hall–Kier alpha value is -0.460. The lowest BCUT2D eigenvalue weighted by Crippen LogP contribution is -2.55. The molecule has 1 rings (SSSR count). The molecule has 0 aromatic rings. The van der Waals surface area contributed by atoms with E-state index in [-0.39, 0.29) is 13.2 Å². The van der Waals surface area contributed by atoms with Crippen molar-refractivity contribution in [3.63, 3.8) is 0 Å². The Morgan fingerprint density at radius 3 is 2.11 bits per heavy atom. The Kier molecular flexibility index (Phi) is 15.0. The molecule has 0 aromatic carbocycles. The van der Waals surface area contributed by atoms with Gasteiger partial charge in [-0.2, -0.15) is 0 Å². The van der Waals surface area contributed by atoms with Gasteiger partial charge in [-0.3, -0.25) is 0 Å². The summed E-state index contributed by atoms with van der Waals surface area (Å²) >= 11 is 0. The summed E-state index contributed by atoms with van der Waals surface area (Å²) in [7, 11) is 0. The van der Waals surface area contributed by atoms with Crippen molar-refractivity contribution in [2.75, 3.05) is 19.8 Å². The van der Waals surface area contributed by atoms with E-state index in [2.05, 4.69) is 19.1 Å². The van der Waals surface area contributed by atoms with Gasteiger partial charge in [0.1, 0.15) is 24.4 Å². The Balaban J connectivity index is 1.92. The van der Waals surface area contributed by atoms with Crippen LogP contribution in [-0.2, 0) is 9.47 Å². The first-order valence-corrected chi connectivity index (χ1v) is 11.1. The minimum absolute atomic E-state index is 0.0420. The van der Waals surface area contributed by atoms with E-state index in [4.69, 9.17) is 9.47 Å². The lowest BCUT2D eigenvalue weighted by atomic mass is 10.0. The van der Waals surface area contributed by atoms with Crippen LogP contribution in [0, 0.1) is 0 Å². The van der Waals surface area contributed by atoms with Gasteiger partial charge in [0.05, 0.1) is 13.2 Å². The summed E-state index contributed by atoms with van der Waals surface area (Å²) in [5, 5.41) is 28.9. The van der Waals surface area contributed by atoms with Crippen LogP contribution in [0.5, 0.6) is 0 Å². The quantitative estimate of drug-likeness (QED) is 0.278. The normalized spacial score (nSPS) is 26.1. The van der Waals surface area contributed by atoms with Crippen LogP contribution < -0.4 is 0 Å². The fourth-order valence-corrected chi connectivity index (χ4v) is 3.43. The average Bonchev–Trinajstić information content (AvgIpc) is 2.68. The van der Waals surface area contributed by atoms with Crippen molar-refractivity contribution in [2.45, 2.75) is 108 Å². The third-order valence-corrected chi connectivity index (χ3v) is 5.22. The van der Waals surface area contributed by atoms with Crippen LogP contribution >= 0.6 is 0 Å². The zero-order valence-electron chi connectivity index (χ0n) is 17.2. The first-order chi connectivity index (χ1) is 13.2. The van der Waals surface area contributed by atoms with Crippen LogP contribution in [0.25, 0.3) is 0 Å². The molecule has 0 unspecified atom stereocenters. The molecule has 0 radical (unpaired) electrons. The monoisotopic (exact) mass is 386 g/mol. The number of aliphatic hydroxyl groups is 3. The second-order valence-corrected chi connectivity index (χ2v) is 7.68.